The van der Waals surface area contributed by atoms with Gasteiger partial charge in [0.15, 0.2) is 0 Å². The molecule has 0 aromatic heterocycles. The highest BCUT2D eigenvalue weighted by Gasteiger charge is 2.29. The predicted octanol–water partition coefficient (Wildman–Crippen LogP) is 3.29. The lowest BCUT2D eigenvalue weighted by atomic mass is 9.86. The zero-order chi connectivity index (χ0) is 14.2. The van der Waals surface area contributed by atoms with Crippen molar-refractivity contribution >= 4 is 5.97 Å². The van der Waals surface area contributed by atoms with Crippen molar-refractivity contribution in [2.75, 3.05) is 7.11 Å². The molecular formula is C17H25NO2. The van der Waals surface area contributed by atoms with Crippen molar-refractivity contribution in [1.82, 2.24) is 5.32 Å². The van der Waals surface area contributed by atoms with Gasteiger partial charge in [0.05, 0.1) is 13.0 Å². The largest absolute Gasteiger partial charge is 0.469 e. The van der Waals surface area contributed by atoms with E-state index in [1.807, 2.05) is 18.2 Å². The highest BCUT2D eigenvalue weighted by Crippen LogP contribution is 2.24. The second-order valence-electron chi connectivity index (χ2n) is 5.59. The Kier molecular flexibility index (Phi) is 6.06. The van der Waals surface area contributed by atoms with Gasteiger partial charge in [-0.3, -0.25) is 4.79 Å². The van der Waals surface area contributed by atoms with E-state index in [0.29, 0.717) is 0 Å². The molecule has 1 aliphatic rings. The molecular weight excluding hydrogens is 250 g/mol. The molecule has 0 bridgehead atoms. The van der Waals surface area contributed by atoms with Crippen LogP contribution in [0.5, 0.6) is 0 Å². The van der Waals surface area contributed by atoms with Crippen LogP contribution in [0.4, 0.5) is 0 Å². The molecule has 1 N–H and O–H groups in total. The number of carbonyl (C=O) groups is 1. The van der Waals surface area contributed by atoms with Crippen LogP contribution in [0, 0.1) is 5.92 Å². The molecule has 0 amide bonds. The maximum absolute atomic E-state index is 12.0. The topological polar surface area (TPSA) is 38.3 Å². The molecule has 0 aliphatic heterocycles. The van der Waals surface area contributed by atoms with Crippen LogP contribution in [0.2, 0.25) is 0 Å². The summed E-state index contributed by atoms with van der Waals surface area (Å²) in [7, 11) is 1.50. The number of methoxy groups -OCH3 is 1. The van der Waals surface area contributed by atoms with Gasteiger partial charge in [0.2, 0.25) is 0 Å². The van der Waals surface area contributed by atoms with E-state index in [-0.39, 0.29) is 17.9 Å². The minimum atomic E-state index is -0.0579. The summed E-state index contributed by atoms with van der Waals surface area (Å²) in [6.45, 7) is 0.818. The Balaban J connectivity index is 1.97. The monoisotopic (exact) mass is 275 g/mol. The summed E-state index contributed by atoms with van der Waals surface area (Å²) < 4.78 is 4.99. The summed E-state index contributed by atoms with van der Waals surface area (Å²) in [6.07, 6.45) is 6.84. The van der Waals surface area contributed by atoms with Crippen LogP contribution in [-0.4, -0.2) is 19.1 Å². The minimum Gasteiger partial charge on any atom is -0.469 e. The average molecular weight is 275 g/mol. The van der Waals surface area contributed by atoms with Gasteiger partial charge < -0.3 is 10.1 Å². The van der Waals surface area contributed by atoms with E-state index < -0.39 is 0 Å². The number of benzene rings is 1. The number of rotatable bonds is 4. The van der Waals surface area contributed by atoms with Crippen molar-refractivity contribution in [2.45, 2.75) is 51.1 Å². The minimum absolute atomic E-state index is 0.00372. The summed E-state index contributed by atoms with van der Waals surface area (Å²) in [4.78, 5) is 12.0. The Morgan fingerprint density at radius 2 is 1.85 bits per heavy atom. The molecule has 110 valence electrons. The first-order valence-electron chi connectivity index (χ1n) is 7.66. The Hall–Kier alpha value is -1.35. The first kappa shape index (κ1) is 15.0. The van der Waals surface area contributed by atoms with Crippen molar-refractivity contribution in [1.29, 1.82) is 0 Å². The van der Waals surface area contributed by atoms with Crippen LogP contribution in [0.1, 0.15) is 44.1 Å². The number of carbonyl (C=O) groups excluding carboxylic acids is 1. The quantitative estimate of drug-likeness (QED) is 0.857. The number of hydrogen-bond donors (Lipinski definition) is 1. The summed E-state index contributed by atoms with van der Waals surface area (Å²) in [5.41, 5.74) is 1.26. The summed E-state index contributed by atoms with van der Waals surface area (Å²) in [5.74, 6) is -0.0542. The first-order chi connectivity index (χ1) is 9.81. The summed E-state index contributed by atoms with van der Waals surface area (Å²) in [5, 5.41) is 3.57. The van der Waals surface area contributed by atoms with E-state index in [1.54, 1.807) is 0 Å². The van der Waals surface area contributed by atoms with E-state index in [9.17, 15) is 4.79 Å². The average Bonchev–Trinajstić information content (AvgIpc) is 2.47. The lowest BCUT2D eigenvalue weighted by molar-refractivity contribution is -0.147. The molecule has 3 nitrogen and oxygen atoms in total. The van der Waals surface area contributed by atoms with Gasteiger partial charge in [-0.1, -0.05) is 56.0 Å². The van der Waals surface area contributed by atoms with Gasteiger partial charge >= 0.3 is 5.97 Å². The van der Waals surface area contributed by atoms with Crippen molar-refractivity contribution in [3.8, 4) is 0 Å². The smallest absolute Gasteiger partial charge is 0.310 e. The van der Waals surface area contributed by atoms with Crippen molar-refractivity contribution in [3.63, 3.8) is 0 Å². The number of nitrogens with one attached hydrogen (secondary N) is 1. The second-order valence-corrected chi connectivity index (χ2v) is 5.59. The number of ether oxygens (including phenoxy) is 1. The standard InChI is InChI=1S/C17H25NO2/c1-20-17(19)15-11-7-2-3-8-12-16(15)18-13-14-9-5-4-6-10-14/h4-6,9-10,15-16,18H,2-3,7-8,11-13H2,1H3/t15-,16+/m1/s1. The SMILES string of the molecule is COC(=O)[C@@H]1CCCCCC[C@@H]1NCc1ccccc1. The van der Waals surface area contributed by atoms with E-state index in [2.05, 4.69) is 17.4 Å². The Morgan fingerprint density at radius 3 is 2.55 bits per heavy atom. The Labute approximate surface area is 121 Å². The molecule has 1 aromatic carbocycles. The lowest BCUT2D eigenvalue weighted by Gasteiger charge is -2.28. The predicted molar refractivity (Wildman–Crippen MR) is 80.3 cm³/mol. The van der Waals surface area contributed by atoms with Gasteiger partial charge in [0.1, 0.15) is 0 Å². The lowest BCUT2D eigenvalue weighted by Crippen LogP contribution is -2.41. The molecule has 2 rings (SSSR count). The molecule has 0 saturated heterocycles. The molecule has 3 heteroatoms. The van der Waals surface area contributed by atoms with E-state index in [0.717, 1.165) is 25.8 Å². The molecule has 2 atom stereocenters. The highest BCUT2D eigenvalue weighted by molar-refractivity contribution is 5.73. The van der Waals surface area contributed by atoms with Crippen LogP contribution >= 0.6 is 0 Å². The zero-order valence-corrected chi connectivity index (χ0v) is 12.3. The van der Waals surface area contributed by atoms with Gasteiger partial charge in [0, 0.05) is 12.6 Å². The van der Waals surface area contributed by atoms with Crippen molar-refractivity contribution in [2.24, 2.45) is 5.92 Å². The Bertz CT molecular complexity index is 405. The molecule has 1 saturated carbocycles. The van der Waals surface area contributed by atoms with Crippen LogP contribution in [0.15, 0.2) is 30.3 Å². The van der Waals surface area contributed by atoms with E-state index >= 15 is 0 Å². The van der Waals surface area contributed by atoms with Crippen LogP contribution in [-0.2, 0) is 16.1 Å². The molecule has 1 fully saturated rings. The third-order valence-corrected chi connectivity index (χ3v) is 4.18. The van der Waals surface area contributed by atoms with Gasteiger partial charge in [0.25, 0.3) is 0 Å². The molecule has 0 heterocycles. The molecule has 1 aromatic rings. The first-order valence-corrected chi connectivity index (χ1v) is 7.66. The summed E-state index contributed by atoms with van der Waals surface area (Å²) >= 11 is 0. The maximum atomic E-state index is 12.0. The second kappa shape index (κ2) is 8.05. The molecule has 0 unspecified atom stereocenters. The third kappa shape index (κ3) is 4.34. The maximum Gasteiger partial charge on any atom is 0.310 e. The van der Waals surface area contributed by atoms with Gasteiger partial charge in [-0.05, 0) is 18.4 Å². The van der Waals surface area contributed by atoms with E-state index in [1.165, 1.54) is 31.9 Å². The molecule has 0 spiro atoms. The van der Waals surface area contributed by atoms with Gasteiger partial charge in [-0.2, -0.15) is 0 Å². The fraction of sp³-hybridized carbons (Fsp3) is 0.588. The van der Waals surface area contributed by atoms with E-state index in [4.69, 9.17) is 4.74 Å². The van der Waals surface area contributed by atoms with Gasteiger partial charge in [-0.15, -0.1) is 0 Å². The van der Waals surface area contributed by atoms with Gasteiger partial charge in [-0.25, -0.2) is 0 Å². The highest BCUT2D eigenvalue weighted by atomic mass is 16.5. The van der Waals surface area contributed by atoms with Crippen molar-refractivity contribution in [3.05, 3.63) is 35.9 Å². The number of hydrogen-bond acceptors (Lipinski definition) is 3. The molecule has 0 radical (unpaired) electrons. The number of esters is 1. The van der Waals surface area contributed by atoms with Crippen LogP contribution < -0.4 is 5.32 Å². The molecule has 1 aliphatic carbocycles. The Morgan fingerprint density at radius 1 is 1.15 bits per heavy atom. The third-order valence-electron chi connectivity index (χ3n) is 4.18. The van der Waals surface area contributed by atoms with Crippen LogP contribution in [0.25, 0.3) is 0 Å². The molecule has 20 heavy (non-hydrogen) atoms. The van der Waals surface area contributed by atoms with Crippen molar-refractivity contribution < 1.29 is 9.53 Å². The van der Waals surface area contributed by atoms with Crippen LogP contribution in [0.3, 0.4) is 0 Å². The summed E-state index contributed by atoms with van der Waals surface area (Å²) in [6, 6.07) is 10.6. The normalized spacial score (nSPS) is 23.6. The zero-order valence-electron chi connectivity index (χ0n) is 12.3. The fourth-order valence-corrected chi connectivity index (χ4v) is 3.01. The fourth-order valence-electron chi connectivity index (χ4n) is 3.01.